The van der Waals surface area contributed by atoms with E-state index in [1.54, 1.807) is 0 Å². The van der Waals surface area contributed by atoms with Crippen LogP contribution in [0.5, 0.6) is 6.01 Å². The van der Waals surface area contributed by atoms with E-state index in [0.29, 0.717) is 22.9 Å². The largest absolute Gasteiger partial charge is 0.479 e. The van der Waals surface area contributed by atoms with E-state index in [9.17, 15) is 5.11 Å². The fourth-order valence-electron chi connectivity index (χ4n) is 1.43. The molecule has 86 valence electrons. The summed E-state index contributed by atoms with van der Waals surface area (Å²) >= 11 is 0. The van der Waals surface area contributed by atoms with Gasteiger partial charge in [-0.05, 0) is 12.3 Å². The summed E-state index contributed by atoms with van der Waals surface area (Å²) in [6.07, 6.45) is 2.57. The van der Waals surface area contributed by atoms with Gasteiger partial charge in [-0.3, -0.25) is 0 Å². The first-order valence-electron chi connectivity index (χ1n) is 5.31. The molecular weight excluding hydrogens is 206 g/mol. The first kappa shape index (κ1) is 10.7. The van der Waals surface area contributed by atoms with Gasteiger partial charge in [0.2, 0.25) is 0 Å². The van der Waals surface area contributed by atoms with Crippen molar-refractivity contribution in [2.24, 2.45) is 5.92 Å². The molecule has 0 atom stereocenters. The lowest BCUT2D eigenvalue weighted by molar-refractivity contribution is 0.433. The van der Waals surface area contributed by atoms with Crippen LogP contribution in [0.3, 0.4) is 0 Å². The van der Waals surface area contributed by atoms with Crippen molar-refractivity contribution in [3.63, 3.8) is 0 Å². The lowest BCUT2D eigenvalue weighted by Gasteiger charge is -2.07. The Balaban J connectivity index is 2.19. The van der Waals surface area contributed by atoms with Gasteiger partial charge in [0.1, 0.15) is 5.52 Å². The zero-order valence-corrected chi connectivity index (χ0v) is 9.36. The molecule has 2 heterocycles. The van der Waals surface area contributed by atoms with Crippen LogP contribution in [0.2, 0.25) is 0 Å². The molecule has 6 nitrogen and oxygen atoms in total. The van der Waals surface area contributed by atoms with E-state index < -0.39 is 0 Å². The normalized spacial score (nSPS) is 11.2. The standard InChI is InChI=1S/C10H15N5O/c1-6(2)3-4-11-8-7-9(13-5-12-7)15-10(16)14-8/h5-6H,3-4H2,1-2H3,(H3,11,12,13,14,15,16). The molecule has 0 aliphatic heterocycles. The SMILES string of the molecule is CC(C)CCNc1nc(O)nc2[nH]cnc12. The van der Waals surface area contributed by atoms with Crippen LogP contribution in [0.4, 0.5) is 5.82 Å². The van der Waals surface area contributed by atoms with Crippen LogP contribution in [0.25, 0.3) is 11.2 Å². The van der Waals surface area contributed by atoms with E-state index in [1.807, 2.05) is 0 Å². The first-order valence-corrected chi connectivity index (χ1v) is 5.31. The minimum Gasteiger partial charge on any atom is -0.479 e. The predicted molar refractivity (Wildman–Crippen MR) is 61.3 cm³/mol. The van der Waals surface area contributed by atoms with Crippen molar-refractivity contribution in [1.82, 2.24) is 19.9 Å². The Hall–Kier alpha value is -1.85. The minimum absolute atomic E-state index is 0.246. The Morgan fingerprint density at radius 1 is 1.44 bits per heavy atom. The molecule has 16 heavy (non-hydrogen) atoms. The number of nitrogens with zero attached hydrogens (tertiary/aromatic N) is 3. The molecular formula is C10H15N5O. The summed E-state index contributed by atoms with van der Waals surface area (Å²) < 4.78 is 0. The van der Waals surface area contributed by atoms with Crippen LogP contribution in [-0.2, 0) is 0 Å². The van der Waals surface area contributed by atoms with Gasteiger partial charge >= 0.3 is 6.01 Å². The third-order valence-corrected chi connectivity index (χ3v) is 2.28. The number of H-pyrrole nitrogens is 1. The van der Waals surface area contributed by atoms with E-state index >= 15 is 0 Å². The summed E-state index contributed by atoms with van der Waals surface area (Å²) in [5.41, 5.74) is 1.20. The van der Waals surface area contributed by atoms with Gasteiger partial charge in [0.25, 0.3) is 0 Å². The van der Waals surface area contributed by atoms with Crippen LogP contribution in [0.15, 0.2) is 6.33 Å². The number of nitrogens with one attached hydrogen (secondary N) is 2. The number of hydrogen-bond acceptors (Lipinski definition) is 5. The highest BCUT2D eigenvalue weighted by Crippen LogP contribution is 2.18. The van der Waals surface area contributed by atoms with Crippen molar-refractivity contribution < 1.29 is 5.11 Å². The quantitative estimate of drug-likeness (QED) is 0.728. The number of anilines is 1. The molecule has 0 aromatic carbocycles. The molecule has 2 rings (SSSR count). The van der Waals surface area contributed by atoms with Crippen molar-refractivity contribution in [3.8, 4) is 6.01 Å². The third kappa shape index (κ3) is 2.21. The molecule has 0 saturated carbocycles. The van der Waals surface area contributed by atoms with Gasteiger partial charge < -0.3 is 15.4 Å². The Bertz CT molecular complexity index is 479. The zero-order chi connectivity index (χ0) is 11.5. The number of rotatable bonds is 4. The molecule has 0 spiro atoms. The van der Waals surface area contributed by atoms with Gasteiger partial charge in [-0.25, -0.2) is 4.98 Å². The molecule has 0 unspecified atom stereocenters. The minimum atomic E-state index is -0.246. The predicted octanol–water partition coefficient (Wildman–Crippen LogP) is 1.52. The summed E-state index contributed by atoms with van der Waals surface area (Å²) in [6.45, 7) is 5.11. The summed E-state index contributed by atoms with van der Waals surface area (Å²) in [4.78, 5) is 14.7. The third-order valence-electron chi connectivity index (χ3n) is 2.28. The van der Waals surface area contributed by atoms with Gasteiger partial charge in [-0.1, -0.05) is 13.8 Å². The van der Waals surface area contributed by atoms with E-state index in [2.05, 4.69) is 39.1 Å². The summed E-state index contributed by atoms with van der Waals surface area (Å²) in [6, 6.07) is -0.246. The molecule has 0 fully saturated rings. The van der Waals surface area contributed by atoms with Crippen LogP contribution >= 0.6 is 0 Å². The lowest BCUT2D eigenvalue weighted by atomic mass is 10.1. The highest BCUT2D eigenvalue weighted by atomic mass is 16.3. The van der Waals surface area contributed by atoms with Crippen molar-refractivity contribution in [1.29, 1.82) is 0 Å². The van der Waals surface area contributed by atoms with Crippen LogP contribution in [0, 0.1) is 5.92 Å². The molecule has 2 aromatic heterocycles. The molecule has 3 N–H and O–H groups in total. The molecule has 0 aliphatic carbocycles. The van der Waals surface area contributed by atoms with Crippen molar-refractivity contribution in [3.05, 3.63) is 6.33 Å². The van der Waals surface area contributed by atoms with Gasteiger partial charge in [0.05, 0.1) is 6.33 Å². The Morgan fingerprint density at radius 3 is 3.00 bits per heavy atom. The maximum absolute atomic E-state index is 9.33. The second-order valence-corrected chi connectivity index (χ2v) is 4.08. The Morgan fingerprint density at radius 2 is 2.25 bits per heavy atom. The van der Waals surface area contributed by atoms with Crippen molar-refractivity contribution >= 4 is 17.0 Å². The highest BCUT2D eigenvalue weighted by molar-refractivity contribution is 5.82. The molecule has 2 aromatic rings. The summed E-state index contributed by atoms with van der Waals surface area (Å²) in [5, 5.41) is 12.5. The first-order chi connectivity index (χ1) is 7.66. The van der Waals surface area contributed by atoms with Crippen LogP contribution < -0.4 is 5.32 Å². The summed E-state index contributed by atoms with van der Waals surface area (Å²) in [7, 11) is 0. The summed E-state index contributed by atoms with van der Waals surface area (Å²) in [5.74, 6) is 1.20. The van der Waals surface area contributed by atoms with Crippen molar-refractivity contribution in [2.45, 2.75) is 20.3 Å². The topological polar surface area (TPSA) is 86.7 Å². The monoisotopic (exact) mass is 221 g/mol. The molecule has 0 saturated heterocycles. The number of aromatic amines is 1. The molecule has 0 amide bonds. The average molecular weight is 221 g/mol. The van der Waals surface area contributed by atoms with Crippen molar-refractivity contribution in [2.75, 3.05) is 11.9 Å². The number of fused-ring (bicyclic) bond motifs is 1. The maximum atomic E-state index is 9.33. The number of hydrogen-bond donors (Lipinski definition) is 3. The van der Waals surface area contributed by atoms with Gasteiger partial charge in [0, 0.05) is 6.54 Å². The van der Waals surface area contributed by atoms with Gasteiger partial charge in [-0.2, -0.15) is 9.97 Å². The van der Waals surface area contributed by atoms with Gasteiger partial charge in [0.15, 0.2) is 11.5 Å². The molecule has 6 heteroatoms. The lowest BCUT2D eigenvalue weighted by Crippen LogP contribution is -2.07. The van der Waals surface area contributed by atoms with Crippen LogP contribution in [-0.4, -0.2) is 31.6 Å². The molecule has 0 bridgehead atoms. The van der Waals surface area contributed by atoms with E-state index in [0.717, 1.165) is 13.0 Å². The smallest absolute Gasteiger partial charge is 0.317 e. The second-order valence-electron chi connectivity index (χ2n) is 4.08. The highest BCUT2D eigenvalue weighted by Gasteiger charge is 2.08. The van der Waals surface area contributed by atoms with E-state index in [-0.39, 0.29) is 6.01 Å². The van der Waals surface area contributed by atoms with E-state index in [4.69, 9.17) is 0 Å². The average Bonchev–Trinajstić information content (AvgIpc) is 2.64. The fraction of sp³-hybridized carbons (Fsp3) is 0.500. The van der Waals surface area contributed by atoms with E-state index in [1.165, 1.54) is 6.33 Å². The van der Waals surface area contributed by atoms with Crippen LogP contribution in [0.1, 0.15) is 20.3 Å². The molecule has 0 radical (unpaired) electrons. The fourth-order valence-corrected chi connectivity index (χ4v) is 1.43. The Labute approximate surface area is 93.1 Å². The number of aromatic nitrogens is 4. The number of aromatic hydroxyl groups is 1. The van der Waals surface area contributed by atoms with Gasteiger partial charge in [-0.15, -0.1) is 0 Å². The Kier molecular flexibility index (Phi) is 2.89. The zero-order valence-electron chi connectivity index (χ0n) is 9.36. The maximum Gasteiger partial charge on any atom is 0.317 e. The molecule has 0 aliphatic rings. The second kappa shape index (κ2) is 4.34. The number of imidazole rings is 1.